The largest absolute Gasteiger partial charge is 0.379 e. The molecule has 2 aromatic rings. The highest BCUT2D eigenvalue weighted by atomic mass is 79.9. The zero-order chi connectivity index (χ0) is 13.0. The first-order valence-electron chi connectivity index (χ1n) is 5.38. The Balaban J connectivity index is 2.16. The lowest BCUT2D eigenvalue weighted by molar-refractivity contribution is 0.623. The van der Waals surface area contributed by atoms with Gasteiger partial charge in [0.1, 0.15) is 6.07 Å². The van der Waals surface area contributed by atoms with Gasteiger partial charge < -0.3 is 5.32 Å². The van der Waals surface area contributed by atoms with Crippen molar-refractivity contribution in [2.45, 2.75) is 6.54 Å². The summed E-state index contributed by atoms with van der Waals surface area (Å²) in [5, 5.41) is 11.8. The third kappa shape index (κ3) is 2.69. The fourth-order valence-corrected chi connectivity index (χ4v) is 2.00. The van der Waals surface area contributed by atoms with E-state index < -0.39 is 5.82 Å². The first-order chi connectivity index (χ1) is 8.72. The molecule has 0 aliphatic rings. The first-order valence-corrected chi connectivity index (χ1v) is 6.17. The lowest BCUT2D eigenvalue weighted by Gasteiger charge is -2.09. The Morgan fingerprint density at radius 1 is 1.17 bits per heavy atom. The number of benzene rings is 2. The minimum absolute atomic E-state index is 0.197. The van der Waals surface area contributed by atoms with E-state index >= 15 is 0 Å². The highest BCUT2D eigenvalue weighted by Gasteiger charge is 2.10. The van der Waals surface area contributed by atoms with E-state index in [1.807, 2.05) is 36.4 Å². The van der Waals surface area contributed by atoms with Crippen molar-refractivity contribution >= 4 is 21.6 Å². The Bertz CT molecular complexity index is 591. The zero-order valence-corrected chi connectivity index (χ0v) is 11.0. The lowest BCUT2D eigenvalue weighted by Crippen LogP contribution is -2.02. The molecule has 0 heterocycles. The van der Waals surface area contributed by atoms with Crippen molar-refractivity contribution in [2.75, 3.05) is 5.32 Å². The third-order valence-corrected chi connectivity index (χ3v) is 3.30. The van der Waals surface area contributed by atoms with E-state index in [1.54, 1.807) is 12.1 Å². The molecule has 0 radical (unpaired) electrons. The number of hydrogen-bond acceptors (Lipinski definition) is 2. The maximum absolute atomic E-state index is 13.9. The zero-order valence-electron chi connectivity index (χ0n) is 9.45. The summed E-state index contributed by atoms with van der Waals surface area (Å²) in [6, 6.07) is 14.8. The summed E-state index contributed by atoms with van der Waals surface area (Å²) in [4.78, 5) is 0. The van der Waals surface area contributed by atoms with Crippen LogP contribution in [0.2, 0.25) is 0 Å². The lowest BCUT2D eigenvalue weighted by atomic mass is 10.2. The molecule has 0 spiro atoms. The number of nitriles is 1. The molecule has 2 aromatic carbocycles. The SMILES string of the molecule is N#Cc1ccc(NCc2ccccc2)c(F)c1Br. The monoisotopic (exact) mass is 304 g/mol. The number of nitrogens with one attached hydrogen (secondary N) is 1. The van der Waals surface area contributed by atoms with Crippen molar-refractivity contribution in [1.29, 1.82) is 5.26 Å². The molecule has 0 amide bonds. The van der Waals surface area contributed by atoms with Gasteiger partial charge >= 0.3 is 0 Å². The van der Waals surface area contributed by atoms with Crippen LogP contribution in [0.25, 0.3) is 0 Å². The Kier molecular flexibility index (Phi) is 3.96. The molecule has 0 aliphatic carbocycles. The van der Waals surface area contributed by atoms with Crippen molar-refractivity contribution in [3.8, 4) is 6.07 Å². The fraction of sp³-hybridized carbons (Fsp3) is 0.0714. The van der Waals surface area contributed by atoms with Crippen LogP contribution in [0.5, 0.6) is 0 Å². The van der Waals surface area contributed by atoms with Gasteiger partial charge in [-0.05, 0) is 33.6 Å². The topological polar surface area (TPSA) is 35.8 Å². The highest BCUT2D eigenvalue weighted by molar-refractivity contribution is 9.10. The van der Waals surface area contributed by atoms with Gasteiger partial charge in [-0.15, -0.1) is 0 Å². The molecule has 0 unspecified atom stereocenters. The molecule has 90 valence electrons. The number of anilines is 1. The van der Waals surface area contributed by atoms with Crippen LogP contribution in [0.3, 0.4) is 0 Å². The molecule has 0 saturated heterocycles. The third-order valence-electron chi connectivity index (χ3n) is 2.53. The van der Waals surface area contributed by atoms with Crippen LogP contribution in [0.1, 0.15) is 11.1 Å². The fourth-order valence-electron chi connectivity index (χ4n) is 1.57. The maximum Gasteiger partial charge on any atom is 0.161 e. The Morgan fingerprint density at radius 3 is 2.56 bits per heavy atom. The first kappa shape index (κ1) is 12.6. The minimum Gasteiger partial charge on any atom is -0.379 e. The van der Waals surface area contributed by atoms with Crippen LogP contribution >= 0.6 is 15.9 Å². The van der Waals surface area contributed by atoms with Crippen LogP contribution in [-0.2, 0) is 6.54 Å². The predicted molar refractivity (Wildman–Crippen MR) is 72.6 cm³/mol. The quantitative estimate of drug-likeness (QED) is 0.927. The smallest absolute Gasteiger partial charge is 0.161 e. The van der Waals surface area contributed by atoms with Crippen molar-refractivity contribution in [3.63, 3.8) is 0 Å². The summed E-state index contributed by atoms with van der Waals surface area (Å²) in [5.41, 5.74) is 1.74. The van der Waals surface area contributed by atoms with Crippen LogP contribution in [0, 0.1) is 17.1 Å². The van der Waals surface area contributed by atoms with Gasteiger partial charge in [-0.1, -0.05) is 30.3 Å². The van der Waals surface area contributed by atoms with E-state index in [9.17, 15) is 4.39 Å². The minimum atomic E-state index is -0.440. The maximum atomic E-state index is 13.9. The summed E-state index contributed by atoms with van der Waals surface area (Å²) in [7, 11) is 0. The van der Waals surface area contributed by atoms with Crippen molar-refractivity contribution in [1.82, 2.24) is 0 Å². The molecule has 0 atom stereocenters. The normalized spacial score (nSPS) is 9.83. The van der Waals surface area contributed by atoms with Gasteiger partial charge in [-0.3, -0.25) is 0 Å². The van der Waals surface area contributed by atoms with Crippen LogP contribution in [0.4, 0.5) is 10.1 Å². The molecule has 1 N–H and O–H groups in total. The molecule has 2 nitrogen and oxygen atoms in total. The molecule has 0 saturated carbocycles. The molecule has 0 fully saturated rings. The molecule has 0 bridgehead atoms. The van der Waals surface area contributed by atoms with Gasteiger partial charge in [0, 0.05) is 6.54 Å². The average Bonchev–Trinajstić information content (AvgIpc) is 2.42. The van der Waals surface area contributed by atoms with Gasteiger partial charge in [-0.2, -0.15) is 5.26 Å². The Hall–Kier alpha value is -1.86. The highest BCUT2D eigenvalue weighted by Crippen LogP contribution is 2.26. The van der Waals surface area contributed by atoms with Gasteiger partial charge in [0.15, 0.2) is 5.82 Å². The van der Waals surface area contributed by atoms with Gasteiger partial charge in [0.25, 0.3) is 0 Å². The predicted octanol–water partition coefficient (Wildman–Crippen LogP) is 4.07. The summed E-state index contributed by atoms with van der Waals surface area (Å²) in [6.07, 6.45) is 0. The summed E-state index contributed by atoms with van der Waals surface area (Å²) < 4.78 is 14.1. The van der Waals surface area contributed by atoms with Crippen molar-refractivity contribution < 1.29 is 4.39 Å². The van der Waals surface area contributed by atoms with E-state index in [0.717, 1.165) is 5.56 Å². The molecule has 0 aliphatic heterocycles. The van der Waals surface area contributed by atoms with Crippen LogP contribution in [-0.4, -0.2) is 0 Å². The second-order valence-corrected chi connectivity index (χ2v) is 4.53. The Labute approximate surface area is 113 Å². The number of halogens is 2. The number of nitrogens with zero attached hydrogens (tertiary/aromatic N) is 1. The summed E-state index contributed by atoms with van der Waals surface area (Å²) in [5.74, 6) is -0.440. The van der Waals surface area contributed by atoms with E-state index in [1.165, 1.54) is 0 Å². The average molecular weight is 305 g/mol. The molecule has 18 heavy (non-hydrogen) atoms. The molecule has 4 heteroatoms. The van der Waals surface area contributed by atoms with Crippen molar-refractivity contribution in [3.05, 3.63) is 63.9 Å². The van der Waals surface area contributed by atoms with Crippen LogP contribution < -0.4 is 5.32 Å². The molecular weight excluding hydrogens is 295 g/mol. The molecule has 0 aromatic heterocycles. The second-order valence-electron chi connectivity index (χ2n) is 3.74. The van der Waals surface area contributed by atoms with E-state index in [-0.39, 0.29) is 10.0 Å². The van der Waals surface area contributed by atoms with Crippen molar-refractivity contribution in [2.24, 2.45) is 0 Å². The van der Waals surface area contributed by atoms with E-state index in [4.69, 9.17) is 5.26 Å². The van der Waals surface area contributed by atoms with Gasteiger partial charge in [-0.25, -0.2) is 4.39 Å². The number of hydrogen-bond donors (Lipinski definition) is 1. The Morgan fingerprint density at radius 2 is 1.89 bits per heavy atom. The summed E-state index contributed by atoms with van der Waals surface area (Å²) >= 11 is 3.08. The second kappa shape index (κ2) is 5.65. The van der Waals surface area contributed by atoms with Gasteiger partial charge in [0.2, 0.25) is 0 Å². The van der Waals surface area contributed by atoms with E-state index in [0.29, 0.717) is 12.2 Å². The summed E-state index contributed by atoms with van der Waals surface area (Å²) in [6.45, 7) is 0.538. The molecular formula is C14H10BrFN2. The number of rotatable bonds is 3. The van der Waals surface area contributed by atoms with E-state index in [2.05, 4.69) is 21.2 Å². The molecule has 2 rings (SSSR count). The van der Waals surface area contributed by atoms with Gasteiger partial charge in [0.05, 0.1) is 15.7 Å². The standard InChI is InChI=1S/C14H10BrFN2/c15-13-11(8-17)6-7-12(14(13)16)18-9-10-4-2-1-3-5-10/h1-7,18H,9H2. The van der Waals surface area contributed by atoms with Crippen LogP contribution in [0.15, 0.2) is 46.9 Å².